The number of allylic oxidation sites excluding steroid dienone is 4. The molecule has 0 heteroatoms. The molecule has 6 atom stereocenters. The molecule has 20 aliphatic carbocycles. The second-order valence-corrected chi connectivity index (χ2v) is 32.0. The minimum Gasteiger partial charge on any atom is -0.0883 e. The van der Waals surface area contributed by atoms with E-state index in [1.54, 1.807) is 145 Å². The normalized spacial score (nSPS) is 48.7. The van der Waals surface area contributed by atoms with Crippen LogP contribution < -0.4 is 0 Å². The summed E-state index contributed by atoms with van der Waals surface area (Å²) in [6.07, 6.45) is 55.7. The lowest BCUT2D eigenvalue weighted by atomic mass is 9.34. The van der Waals surface area contributed by atoms with E-state index in [4.69, 9.17) is 0 Å². The summed E-state index contributed by atoms with van der Waals surface area (Å²) >= 11 is 0. The van der Waals surface area contributed by atoms with Gasteiger partial charge in [-0.05, 0) is 345 Å². The average molecular weight is 984 g/mol. The maximum Gasteiger partial charge on any atom is -0.00391 e. The molecule has 0 radical (unpaired) electrons. The Bertz CT molecular complexity index is 2170. The molecule has 0 nitrogen and oxygen atoms in total. The van der Waals surface area contributed by atoms with Crippen molar-refractivity contribution in [2.45, 2.75) is 240 Å². The lowest BCUT2D eigenvalue weighted by molar-refractivity contribution is -0.211. The zero-order chi connectivity index (χ0) is 49.7. The van der Waals surface area contributed by atoms with Crippen molar-refractivity contribution in [3.8, 4) is 0 Å². The first-order valence-electron chi connectivity index (χ1n) is 32.7. The van der Waals surface area contributed by atoms with Gasteiger partial charge in [0.1, 0.15) is 0 Å². The van der Waals surface area contributed by atoms with Gasteiger partial charge in [-0.1, -0.05) is 106 Å². The molecule has 0 N–H and O–H groups in total. The van der Waals surface area contributed by atoms with Gasteiger partial charge in [-0.3, -0.25) is 0 Å². The number of hydrogen-bond donors (Lipinski definition) is 0. The standard InChI is InChI=1S/C21H32.C17H22.C11H18.C9H10.C8H12.C7H12/c1-13-18-5-17-6-19(13)12-21(10-17,11-18)20-7-14-2-15(8-20)4-16(3-14)9-20;1-12-2-4-16(5-3-12)17-9-13-6-14(10-17)8-15(7-13)11-17;1-11-5-8-2-9(6-11)4-10(3-8)7-11;1-7-2-3-8-4-5-9(8)6-7;1-6-4-7-2-3-8(6)5-7;1-7-5-3-2-4-6-7/h13-19H,2-12H2,1H3;2-5,13-15H,6-11H2,1H3;8-10H,2-7H2,1H3;2-3,6H,4-5H2,1H3;2-3,6-8H,4-5H2,1H3;3,5,7H,2,4,6H2,1H3. The van der Waals surface area contributed by atoms with E-state index in [0.29, 0.717) is 5.41 Å². The average Bonchev–Trinajstić information content (AvgIpc) is 3.95. The third-order valence-corrected chi connectivity index (χ3v) is 26.1. The van der Waals surface area contributed by atoms with Crippen LogP contribution in [-0.4, -0.2) is 0 Å². The highest BCUT2D eigenvalue weighted by atomic mass is 14.7. The third kappa shape index (κ3) is 10.2. The van der Waals surface area contributed by atoms with Crippen LogP contribution in [0.15, 0.2) is 66.8 Å². The van der Waals surface area contributed by atoms with Crippen molar-refractivity contribution in [3.63, 3.8) is 0 Å². The van der Waals surface area contributed by atoms with Gasteiger partial charge in [0, 0.05) is 0 Å². The van der Waals surface area contributed by atoms with Gasteiger partial charge in [-0.2, -0.15) is 0 Å². The molecule has 22 rings (SSSR count). The van der Waals surface area contributed by atoms with Crippen molar-refractivity contribution >= 4 is 0 Å². The first-order chi connectivity index (χ1) is 35.2. The Balaban J connectivity index is 0.0000000891. The summed E-state index contributed by atoms with van der Waals surface area (Å²) in [4.78, 5) is 0. The van der Waals surface area contributed by atoms with E-state index in [1.165, 1.54) is 75.3 Å². The highest BCUT2D eigenvalue weighted by molar-refractivity contribution is 5.38. The minimum absolute atomic E-state index is 0.586. The van der Waals surface area contributed by atoms with E-state index in [-0.39, 0.29) is 0 Å². The zero-order valence-corrected chi connectivity index (χ0v) is 47.9. The van der Waals surface area contributed by atoms with E-state index in [9.17, 15) is 0 Å². The smallest absolute Gasteiger partial charge is 0.00391 e. The van der Waals surface area contributed by atoms with E-state index in [2.05, 4.69) is 108 Å². The number of fused-ring (bicyclic) bond motifs is 3. The van der Waals surface area contributed by atoms with Crippen molar-refractivity contribution in [1.29, 1.82) is 0 Å². The lowest BCUT2D eigenvalue weighted by Crippen LogP contribution is -2.61. The fourth-order valence-electron chi connectivity index (χ4n) is 24.0. The molecule has 6 unspecified atom stereocenters. The third-order valence-electron chi connectivity index (χ3n) is 26.1. The molecule has 0 amide bonds. The van der Waals surface area contributed by atoms with Crippen LogP contribution in [0.25, 0.3) is 0 Å². The van der Waals surface area contributed by atoms with Crippen LogP contribution in [0.2, 0.25) is 0 Å². The maximum atomic E-state index is 2.61. The van der Waals surface area contributed by atoms with Crippen LogP contribution in [0.5, 0.6) is 0 Å². The van der Waals surface area contributed by atoms with E-state index in [1.807, 2.05) is 0 Å². The Hall–Kier alpha value is -2.08. The first kappa shape index (κ1) is 50.4. The highest BCUT2D eigenvalue weighted by Crippen LogP contribution is 2.75. The minimum atomic E-state index is 0.586. The van der Waals surface area contributed by atoms with Gasteiger partial charge >= 0.3 is 0 Å². The lowest BCUT2D eigenvalue weighted by Gasteiger charge is -2.71. The van der Waals surface area contributed by atoms with Crippen LogP contribution >= 0.6 is 0 Å². The summed E-state index contributed by atoms with van der Waals surface area (Å²) in [5.74, 6) is 18.3. The largest absolute Gasteiger partial charge is 0.0883 e. The molecular weight excluding hydrogens is 877 g/mol. The number of benzene rings is 2. The van der Waals surface area contributed by atoms with Crippen molar-refractivity contribution < 1.29 is 0 Å². The number of aryl methyl sites for hydroxylation is 4. The van der Waals surface area contributed by atoms with Gasteiger partial charge in [0.25, 0.3) is 0 Å². The van der Waals surface area contributed by atoms with Gasteiger partial charge in [0.2, 0.25) is 0 Å². The van der Waals surface area contributed by atoms with Crippen molar-refractivity contribution in [2.24, 2.45) is 117 Å². The zero-order valence-electron chi connectivity index (χ0n) is 47.9. The predicted molar refractivity (Wildman–Crippen MR) is 308 cm³/mol. The summed E-state index contributed by atoms with van der Waals surface area (Å²) in [5.41, 5.74) is 10.6. The van der Waals surface area contributed by atoms with Gasteiger partial charge < -0.3 is 0 Å². The topological polar surface area (TPSA) is 0 Å². The van der Waals surface area contributed by atoms with Gasteiger partial charge in [0.15, 0.2) is 0 Å². The van der Waals surface area contributed by atoms with Gasteiger partial charge in [0.05, 0.1) is 0 Å². The predicted octanol–water partition coefficient (Wildman–Crippen LogP) is 20.0. The molecule has 17 fully saturated rings. The molecule has 0 saturated heterocycles. The molecule has 0 aliphatic heterocycles. The molecule has 0 spiro atoms. The van der Waals surface area contributed by atoms with E-state index < -0.39 is 0 Å². The summed E-state index contributed by atoms with van der Waals surface area (Å²) in [5, 5.41) is 0. The molecule has 2 aromatic rings. The molecule has 398 valence electrons. The Morgan fingerprint density at radius 2 is 0.918 bits per heavy atom. The van der Waals surface area contributed by atoms with Crippen molar-refractivity contribution in [3.05, 3.63) is 94.6 Å². The van der Waals surface area contributed by atoms with E-state index in [0.717, 1.165) is 117 Å². The molecule has 0 aromatic heterocycles. The second kappa shape index (κ2) is 20.0. The fourth-order valence-corrected chi connectivity index (χ4v) is 24.0. The fraction of sp³-hybridized carbons (Fsp3) is 0.781. The Labute approximate surface area is 448 Å². The summed E-state index contributed by atoms with van der Waals surface area (Å²) in [7, 11) is 0. The monoisotopic (exact) mass is 983 g/mol. The highest BCUT2D eigenvalue weighted by Gasteiger charge is 2.66. The van der Waals surface area contributed by atoms with Gasteiger partial charge in [-0.25, -0.2) is 0 Å². The molecular formula is C73H106. The summed E-state index contributed by atoms with van der Waals surface area (Å²) in [6.45, 7) is 14.1. The Kier molecular flexibility index (Phi) is 13.8. The number of hydrogen-bond acceptors (Lipinski definition) is 0. The number of rotatable bonds is 2. The molecule has 73 heavy (non-hydrogen) atoms. The molecule has 0 heterocycles. The van der Waals surface area contributed by atoms with E-state index >= 15 is 0 Å². The maximum absolute atomic E-state index is 2.61. The first-order valence-corrected chi connectivity index (χ1v) is 32.7. The Morgan fingerprint density at radius 3 is 1.29 bits per heavy atom. The van der Waals surface area contributed by atoms with Gasteiger partial charge in [-0.15, -0.1) is 0 Å². The van der Waals surface area contributed by atoms with Crippen molar-refractivity contribution in [1.82, 2.24) is 0 Å². The Morgan fingerprint density at radius 1 is 0.438 bits per heavy atom. The SMILES string of the molecule is CC12CC3CC(CC(C3)C1)C2.CC1C2CC3CC1CC(C14CC5CC(CC(C5)C1)C4)(C3)C2.CC1C=CCCC1.CC1CC2C=CC1C2.Cc1ccc(C23CC4CC(CC(C4)C2)C3)cc1.Cc1ccc2c(c1)CC2. The van der Waals surface area contributed by atoms with Crippen LogP contribution in [-0.2, 0) is 18.3 Å². The second-order valence-electron chi connectivity index (χ2n) is 32.0. The molecule has 2 aromatic carbocycles. The molecule has 18 bridgehead atoms. The molecule has 17 saturated carbocycles. The van der Waals surface area contributed by atoms with Crippen LogP contribution in [0.4, 0.5) is 0 Å². The quantitative estimate of drug-likeness (QED) is 0.263. The van der Waals surface area contributed by atoms with Crippen LogP contribution in [0.3, 0.4) is 0 Å². The summed E-state index contributed by atoms with van der Waals surface area (Å²) < 4.78 is 0. The van der Waals surface area contributed by atoms with Crippen LogP contribution in [0, 0.1) is 131 Å². The van der Waals surface area contributed by atoms with Crippen LogP contribution in [0.1, 0.15) is 235 Å². The molecule has 20 aliphatic rings. The summed E-state index contributed by atoms with van der Waals surface area (Å²) in [6, 6.07) is 16.2. The van der Waals surface area contributed by atoms with Crippen molar-refractivity contribution in [2.75, 3.05) is 0 Å².